The summed E-state index contributed by atoms with van der Waals surface area (Å²) in [7, 11) is 0. The lowest BCUT2D eigenvalue weighted by Gasteiger charge is -2.05. The van der Waals surface area contributed by atoms with Crippen molar-refractivity contribution in [1.29, 1.82) is 0 Å². The van der Waals surface area contributed by atoms with E-state index >= 15 is 0 Å². The average molecular weight is 227 g/mol. The highest BCUT2D eigenvalue weighted by atomic mass is 35.5. The predicted octanol–water partition coefficient (Wildman–Crippen LogP) is 3.69. The minimum absolute atomic E-state index is 0.566. The van der Waals surface area contributed by atoms with Gasteiger partial charge in [0.1, 0.15) is 0 Å². The van der Waals surface area contributed by atoms with Crippen LogP contribution >= 0.6 is 23.2 Å². The van der Waals surface area contributed by atoms with E-state index in [4.69, 9.17) is 23.2 Å². The zero-order chi connectivity index (χ0) is 10.1. The van der Waals surface area contributed by atoms with Gasteiger partial charge in [0.05, 0.1) is 15.7 Å². The number of hydrogen-bond acceptors (Lipinski definition) is 1. The Morgan fingerprint density at radius 3 is 2.57 bits per heavy atom. The molecule has 1 aromatic carbocycles. The van der Waals surface area contributed by atoms with Crippen LogP contribution < -0.4 is 0 Å². The number of H-pyrrole nitrogens is 1. The molecule has 0 atom stereocenters. The summed E-state index contributed by atoms with van der Waals surface area (Å²) in [6.45, 7) is 1.92. The topological polar surface area (TPSA) is 28.7 Å². The van der Waals surface area contributed by atoms with Crippen LogP contribution in [0.3, 0.4) is 0 Å². The van der Waals surface area contributed by atoms with Crippen molar-refractivity contribution in [2.75, 3.05) is 0 Å². The normalized spacial score (nSPS) is 10.5. The summed E-state index contributed by atoms with van der Waals surface area (Å²) in [6.07, 6.45) is 1.68. The first-order valence-electron chi connectivity index (χ1n) is 4.14. The summed E-state index contributed by atoms with van der Waals surface area (Å²) < 4.78 is 0. The third-order valence-electron chi connectivity index (χ3n) is 2.07. The summed E-state index contributed by atoms with van der Waals surface area (Å²) in [4.78, 5) is 0. The van der Waals surface area contributed by atoms with Crippen LogP contribution in [0, 0.1) is 6.92 Å². The van der Waals surface area contributed by atoms with Gasteiger partial charge in [-0.2, -0.15) is 5.10 Å². The van der Waals surface area contributed by atoms with Gasteiger partial charge in [-0.15, -0.1) is 0 Å². The Kier molecular flexibility index (Phi) is 2.48. The van der Waals surface area contributed by atoms with Crippen molar-refractivity contribution in [3.8, 4) is 11.3 Å². The van der Waals surface area contributed by atoms with Crippen LogP contribution in [0.2, 0.25) is 10.0 Å². The van der Waals surface area contributed by atoms with Gasteiger partial charge in [-0.25, -0.2) is 0 Å². The maximum Gasteiger partial charge on any atom is 0.0688 e. The van der Waals surface area contributed by atoms with Gasteiger partial charge in [-0.05, 0) is 18.6 Å². The second-order valence-corrected chi connectivity index (χ2v) is 3.78. The van der Waals surface area contributed by atoms with E-state index in [1.807, 2.05) is 25.1 Å². The smallest absolute Gasteiger partial charge is 0.0688 e. The molecule has 72 valence electrons. The first kappa shape index (κ1) is 9.56. The molecule has 0 saturated carbocycles. The minimum Gasteiger partial charge on any atom is -0.278 e. The van der Waals surface area contributed by atoms with Gasteiger partial charge in [0.15, 0.2) is 0 Å². The van der Waals surface area contributed by atoms with Gasteiger partial charge >= 0.3 is 0 Å². The Morgan fingerprint density at radius 2 is 1.93 bits per heavy atom. The van der Waals surface area contributed by atoms with E-state index in [0.717, 1.165) is 16.8 Å². The van der Waals surface area contributed by atoms with Crippen molar-refractivity contribution in [3.05, 3.63) is 40.0 Å². The minimum atomic E-state index is 0.566. The number of nitrogens with one attached hydrogen (secondary N) is 1. The molecule has 0 aliphatic heterocycles. The standard InChI is InChI=1S/C10H8Cl2N2/c1-6-2-3-7(10(12)9(6)11)8-4-5-13-14-8/h2-5H,1H3,(H,13,14). The summed E-state index contributed by atoms with van der Waals surface area (Å²) in [5.41, 5.74) is 2.72. The molecule has 2 nitrogen and oxygen atoms in total. The van der Waals surface area contributed by atoms with Crippen LogP contribution in [0.5, 0.6) is 0 Å². The summed E-state index contributed by atoms with van der Waals surface area (Å²) >= 11 is 12.1. The molecule has 0 fully saturated rings. The predicted molar refractivity (Wildman–Crippen MR) is 58.8 cm³/mol. The Labute approximate surface area is 91.9 Å². The molecule has 0 aliphatic rings. The highest BCUT2D eigenvalue weighted by Crippen LogP contribution is 2.34. The maximum absolute atomic E-state index is 6.11. The molecule has 0 radical (unpaired) electrons. The number of aromatic amines is 1. The molecule has 1 heterocycles. The SMILES string of the molecule is Cc1ccc(-c2ccn[nH]2)c(Cl)c1Cl. The maximum atomic E-state index is 6.11. The number of halogens is 2. The van der Waals surface area contributed by atoms with Crippen molar-refractivity contribution in [2.45, 2.75) is 6.92 Å². The fourth-order valence-corrected chi connectivity index (χ4v) is 1.74. The van der Waals surface area contributed by atoms with E-state index < -0.39 is 0 Å². The molecule has 1 aromatic heterocycles. The molecule has 0 amide bonds. The van der Waals surface area contributed by atoms with Crippen molar-refractivity contribution in [3.63, 3.8) is 0 Å². The number of rotatable bonds is 1. The average Bonchev–Trinajstić information content (AvgIpc) is 2.67. The van der Waals surface area contributed by atoms with Crippen molar-refractivity contribution in [2.24, 2.45) is 0 Å². The quantitative estimate of drug-likeness (QED) is 0.790. The zero-order valence-electron chi connectivity index (χ0n) is 7.51. The Bertz CT molecular complexity index is 449. The molecule has 4 heteroatoms. The molecule has 0 unspecified atom stereocenters. The van der Waals surface area contributed by atoms with Gasteiger partial charge in [-0.3, -0.25) is 5.10 Å². The molecular weight excluding hydrogens is 219 g/mol. The lowest BCUT2D eigenvalue weighted by molar-refractivity contribution is 1.09. The molecule has 0 aliphatic carbocycles. The van der Waals surface area contributed by atoms with E-state index in [1.54, 1.807) is 6.20 Å². The highest BCUT2D eigenvalue weighted by Gasteiger charge is 2.09. The van der Waals surface area contributed by atoms with Crippen LogP contribution in [-0.2, 0) is 0 Å². The van der Waals surface area contributed by atoms with Crippen molar-refractivity contribution >= 4 is 23.2 Å². The molecule has 1 N–H and O–H groups in total. The monoisotopic (exact) mass is 226 g/mol. The molecule has 0 spiro atoms. The van der Waals surface area contributed by atoms with E-state index in [0.29, 0.717) is 10.0 Å². The van der Waals surface area contributed by atoms with E-state index in [2.05, 4.69) is 10.2 Å². The Balaban J connectivity index is 2.61. The van der Waals surface area contributed by atoms with Crippen LogP contribution in [0.4, 0.5) is 0 Å². The summed E-state index contributed by atoms with van der Waals surface area (Å²) in [5, 5.41) is 7.87. The summed E-state index contributed by atoms with van der Waals surface area (Å²) in [5.74, 6) is 0. The first-order valence-corrected chi connectivity index (χ1v) is 4.90. The van der Waals surface area contributed by atoms with Gasteiger partial charge in [-0.1, -0.05) is 35.3 Å². The number of benzene rings is 1. The van der Waals surface area contributed by atoms with Gasteiger partial charge < -0.3 is 0 Å². The number of aryl methyl sites for hydroxylation is 1. The van der Waals surface area contributed by atoms with Gasteiger partial charge in [0, 0.05) is 11.8 Å². The molecule has 0 saturated heterocycles. The number of aromatic nitrogens is 2. The van der Waals surface area contributed by atoms with Crippen LogP contribution in [0.25, 0.3) is 11.3 Å². The molecule has 14 heavy (non-hydrogen) atoms. The van der Waals surface area contributed by atoms with Crippen LogP contribution in [-0.4, -0.2) is 10.2 Å². The largest absolute Gasteiger partial charge is 0.278 e. The summed E-state index contributed by atoms with van der Waals surface area (Å²) in [6, 6.07) is 5.72. The Hall–Kier alpha value is -0.990. The Morgan fingerprint density at radius 1 is 1.14 bits per heavy atom. The second-order valence-electron chi connectivity index (χ2n) is 3.03. The first-order chi connectivity index (χ1) is 6.70. The molecular formula is C10H8Cl2N2. The zero-order valence-corrected chi connectivity index (χ0v) is 9.02. The lowest BCUT2D eigenvalue weighted by Crippen LogP contribution is -1.84. The molecule has 2 aromatic rings. The van der Waals surface area contributed by atoms with Crippen LogP contribution in [0.1, 0.15) is 5.56 Å². The lowest BCUT2D eigenvalue weighted by atomic mass is 10.1. The van der Waals surface area contributed by atoms with Crippen LogP contribution in [0.15, 0.2) is 24.4 Å². The van der Waals surface area contributed by atoms with E-state index in [-0.39, 0.29) is 0 Å². The fourth-order valence-electron chi connectivity index (χ4n) is 1.26. The highest BCUT2D eigenvalue weighted by molar-refractivity contribution is 6.44. The second kappa shape index (κ2) is 3.64. The molecule has 2 rings (SSSR count). The van der Waals surface area contributed by atoms with Crippen molar-refractivity contribution < 1.29 is 0 Å². The number of nitrogens with zero attached hydrogens (tertiary/aromatic N) is 1. The fraction of sp³-hybridized carbons (Fsp3) is 0.100. The third-order valence-corrected chi connectivity index (χ3v) is 3.04. The van der Waals surface area contributed by atoms with E-state index in [1.165, 1.54) is 0 Å². The number of hydrogen-bond donors (Lipinski definition) is 1. The van der Waals surface area contributed by atoms with Gasteiger partial charge in [0.2, 0.25) is 0 Å². The van der Waals surface area contributed by atoms with Gasteiger partial charge in [0.25, 0.3) is 0 Å². The van der Waals surface area contributed by atoms with E-state index in [9.17, 15) is 0 Å². The third kappa shape index (κ3) is 1.51. The molecule has 0 bridgehead atoms. The van der Waals surface area contributed by atoms with Crippen molar-refractivity contribution in [1.82, 2.24) is 10.2 Å².